The van der Waals surface area contributed by atoms with Crippen molar-refractivity contribution in [1.82, 2.24) is 24.7 Å². The summed E-state index contributed by atoms with van der Waals surface area (Å²) in [5, 5.41) is 10.9. The lowest BCUT2D eigenvalue weighted by molar-refractivity contribution is -0.113. The first-order valence-electron chi connectivity index (χ1n) is 10.4. The monoisotopic (exact) mass is 439 g/mol. The van der Waals surface area contributed by atoms with Gasteiger partial charge in [-0.15, -0.1) is 5.10 Å². The van der Waals surface area contributed by atoms with E-state index in [4.69, 9.17) is 9.84 Å². The number of carbonyl (C=O) groups excluding carboxylic acids is 1. The van der Waals surface area contributed by atoms with Crippen LogP contribution in [0.5, 0.6) is 5.75 Å². The van der Waals surface area contributed by atoms with Crippen LogP contribution in [-0.2, 0) is 4.79 Å². The summed E-state index contributed by atoms with van der Waals surface area (Å²) < 4.78 is 7.08. The number of amides is 1. The van der Waals surface area contributed by atoms with Crippen molar-refractivity contribution in [2.24, 2.45) is 0 Å². The van der Waals surface area contributed by atoms with Crippen LogP contribution in [0.2, 0.25) is 0 Å². The number of methoxy groups -OCH3 is 1. The van der Waals surface area contributed by atoms with Crippen LogP contribution in [-0.4, -0.2) is 37.7 Å². The summed E-state index contributed by atoms with van der Waals surface area (Å²) in [5.41, 5.74) is 3.17. The highest BCUT2D eigenvalue weighted by Gasteiger charge is 2.35. The fraction of sp³-hybridized carbons (Fsp3) is 0.125. The molecule has 0 spiro atoms. The molecule has 1 amide bonds. The van der Waals surface area contributed by atoms with Crippen molar-refractivity contribution in [3.63, 3.8) is 0 Å². The molecule has 33 heavy (non-hydrogen) atoms. The topological polar surface area (TPSA) is 107 Å². The molecular formula is C24H21N7O2. The van der Waals surface area contributed by atoms with Crippen LogP contribution in [0.15, 0.2) is 84.5 Å². The summed E-state index contributed by atoms with van der Waals surface area (Å²) >= 11 is 0. The van der Waals surface area contributed by atoms with E-state index in [2.05, 4.69) is 25.6 Å². The van der Waals surface area contributed by atoms with Gasteiger partial charge in [-0.05, 0) is 43.3 Å². The number of anilines is 2. The highest BCUT2D eigenvalue weighted by Crippen LogP contribution is 2.36. The Morgan fingerprint density at radius 1 is 1.09 bits per heavy atom. The first-order chi connectivity index (χ1) is 16.2. The summed E-state index contributed by atoms with van der Waals surface area (Å²) in [7, 11) is 1.57. The van der Waals surface area contributed by atoms with Gasteiger partial charge in [0.25, 0.3) is 5.91 Å². The average molecular weight is 439 g/mol. The van der Waals surface area contributed by atoms with Crippen molar-refractivity contribution >= 4 is 17.5 Å². The van der Waals surface area contributed by atoms with Gasteiger partial charge in [0.2, 0.25) is 5.95 Å². The molecule has 0 bridgehead atoms. The first-order valence-corrected chi connectivity index (χ1v) is 10.4. The van der Waals surface area contributed by atoms with E-state index in [-0.39, 0.29) is 5.91 Å². The summed E-state index contributed by atoms with van der Waals surface area (Å²) in [5.74, 6) is 1.31. The van der Waals surface area contributed by atoms with Crippen molar-refractivity contribution in [2.45, 2.75) is 13.0 Å². The predicted molar refractivity (Wildman–Crippen MR) is 124 cm³/mol. The molecule has 3 aromatic heterocycles. The average Bonchev–Trinajstić information content (AvgIpc) is 3.28. The Labute approximate surface area is 190 Å². The zero-order valence-corrected chi connectivity index (χ0v) is 18.1. The maximum absolute atomic E-state index is 13.6. The molecule has 9 heteroatoms. The van der Waals surface area contributed by atoms with E-state index in [0.29, 0.717) is 40.2 Å². The molecule has 1 aromatic carbocycles. The molecule has 164 valence electrons. The van der Waals surface area contributed by atoms with Gasteiger partial charge in [-0.2, -0.15) is 4.98 Å². The van der Waals surface area contributed by atoms with Gasteiger partial charge in [-0.25, -0.2) is 4.68 Å². The lowest BCUT2D eigenvalue weighted by Crippen LogP contribution is -2.32. The van der Waals surface area contributed by atoms with Crippen LogP contribution in [0.1, 0.15) is 18.7 Å². The van der Waals surface area contributed by atoms with Crippen molar-refractivity contribution in [1.29, 1.82) is 0 Å². The van der Waals surface area contributed by atoms with Gasteiger partial charge in [0.15, 0.2) is 5.82 Å². The smallest absolute Gasteiger partial charge is 0.256 e. The number of carbonyl (C=O) groups is 1. The van der Waals surface area contributed by atoms with E-state index in [1.54, 1.807) is 42.5 Å². The lowest BCUT2D eigenvalue weighted by atomic mass is 9.98. The van der Waals surface area contributed by atoms with E-state index in [1.165, 1.54) is 0 Å². The zero-order chi connectivity index (χ0) is 22.8. The van der Waals surface area contributed by atoms with E-state index < -0.39 is 6.04 Å². The van der Waals surface area contributed by atoms with Gasteiger partial charge in [-0.1, -0.05) is 18.2 Å². The van der Waals surface area contributed by atoms with Crippen LogP contribution < -0.4 is 15.4 Å². The predicted octanol–water partition coefficient (Wildman–Crippen LogP) is 3.67. The molecule has 1 atom stereocenters. The Balaban J connectivity index is 1.59. The second-order valence-corrected chi connectivity index (χ2v) is 7.42. The Morgan fingerprint density at radius 3 is 2.70 bits per heavy atom. The maximum Gasteiger partial charge on any atom is 0.256 e. The highest BCUT2D eigenvalue weighted by atomic mass is 16.5. The van der Waals surface area contributed by atoms with E-state index in [9.17, 15) is 4.79 Å². The minimum absolute atomic E-state index is 0.288. The Bertz CT molecular complexity index is 1330. The third kappa shape index (κ3) is 3.80. The second-order valence-electron chi connectivity index (χ2n) is 7.42. The van der Waals surface area contributed by atoms with Gasteiger partial charge in [0.1, 0.15) is 11.8 Å². The molecule has 0 radical (unpaired) electrons. The lowest BCUT2D eigenvalue weighted by Gasteiger charge is -2.28. The summed E-state index contributed by atoms with van der Waals surface area (Å²) in [4.78, 5) is 26.9. The molecule has 4 aromatic rings. The molecular weight excluding hydrogens is 418 g/mol. The van der Waals surface area contributed by atoms with Gasteiger partial charge in [0, 0.05) is 29.9 Å². The number of allylic oxidation sites excluding steroid dienone is 1. The number of fused-ring (bicyclic) bond motifs is 1. The van der Waals surface area contributed by atoms with Gasteiger partial charge >= 0.3 is 0 Å². The van der Waals surface area contributed by atoms with Crippen molar-refractivity contribution in [3.8, 4) is 17.1 Å². The third-order valence-electron chi connectivity index (χ3n) is 5.34. The SMILES string of the molecule is COc1ccccc1NC(=O)C1=C(C)Nc2nc(-c3cccnc3)nn2C1c1ccccn1. The number of benzene rings is 1. The second kappa shape index (κ2) is 8.54. The molecule has 5 rings (SSSR count). The van der Waals surface area contributed by atoms with Crippen molar-refractivity contribution in [2.75, 3.05) is 17.7 Å². The normalized spacial score (nSPS) is 14.9. The fourth-order valence-corrected chi connectivity index (χ4v) is 3.81. The van der Waals surface area contributed by atoms with E-state index >= 15 is 0 Å². The van der Waals surface area contributed by atoms with Gasteiger partial charge in [-0.3, -0.25) is 14.8 Å². The first kappa shape index (κ1) is 20.4. The molecule has 0 fully saturated rings. The summed E-state index contributed by atoms with van der Waals surface area (Å²) in [6.45, 7) is 1.84. The fourth-order valence-electron chi connectivity index (χ4n) is 3.81. The van der Waals surface area contributed by atoms with Gasteiger partial charge in [0.05, 0.1) is 24.1 Å². The number of nitrogens with one attached hydrogen (secondary N) is 2. The van der Waals surface area contributed by atoms with E-state index in [1.807, 2.05) is 49.4 Å². The van der Waals surface area contributed by atoms with Crippen LogP contribution in [0.3, 0.4) is 0 Å². The summed E-state index contributed by atoms with van der Waals surface area (Å²) in [6, 6.07) is 16.0. The standard InChI is InChI=1S/C24H21N7O2/c1-15-20(23(32)28-17-9-3-4-11-19(17)33-2)21(18-10-5-6-13-26-18)31-24(27-15)29-22(30-31)16-8-7-12-25-14-16/h3-14,21H,1-2H3,(H,28,32)(H,27,29,30). The molecule has 1 unspecified atom stereocenters. The third-order valence-corrected chi connectivity index (χ3v) is 5.34. The van der Waals surface area contributed by atoms with Crippen LogP contribution in [0.25, 0.3) is 11.4 Å². The molecule has 1 aliphatic heterocycles. The van der Waals surface area contributed by atoms with Crippen LogP contribution in [0.4, 0.5) is 11.6 Å². The summed E-state index contributed by atoms with van der Waals surface area (Å²) in [6.07, 6.45) is 5.09. The number of pyridine rings is 2. The minimum Gasteiger partial charge on any atom is -0.495 e. The minimum atomic E-state index is -0.574. The molecule has 1 aliphatic rings. The molecule has 0 saturated heterocycles. The maximum atomic E-state index is 13.6. The van der Waals surface area contributed by atoms with Gasteiger partial charge < -0.3 is 15.4 Å². The number of ether oxygens (including phenoxy) is 1. The van der Waals surface area contributed by atoms with Crippen molar-refractivity contribution in [3.05, 3.63) is 90.2 Å². The Hall–Kier alpha value is -4.53. The Kier molecular flexibility index (Phi) is 5.27. The van der Waals surface area contributed by atoms with Crippen LogP contribution >= 0.6 is 0 Å². The molecule has 9 nitrogen and oxygen atoms in total. The molecule has 4 heterocycles. The number of hydrogen-bond acceptors (Lipinski definition) is 7. The molecule has 0 aliphatic carbocycles. The Morgan fingerprint density at radius 2 is 1.94 bits per heavy atom. The number of rotatable bonds is 5. The number of para-hydroxylation sites is 2. The zero-order valence-electron chi connectivity index (χ0n) is 18.1. The number of hydrogen-bond donors (Lipinski definition) is 2. The quantitative estimate of drug-likeness (QED) is 0.489. The number of nitrogens with zero attached hydrogens (tertiary/aromatic N) is 5. The highest BCUT2D eigenvalue weighted by molar-refractivity contribution is 6.06. The van der Waals surface area contributed by atoms with Crippen molar-refractivity contribution < 1.29 is 9.53 Å². The molecule has 2 N–H and O–H groups in total. The van der Waals surface area contributed by atoms with Crippen LogP contribution in [0, 0.1) is 0 Å². The molecule has 0 saturated carbocycles. The van der Waals surface area contributed by atoms with E-state index in [0.717, 1.165) is 5.56 Å². The largest absolute Gasteiger partial charge is 0.495 e. The number of aromatic nitrogens is 5.